The van der Waals surface area contributed by atoms with Crippen molar-refractivity contribution in [2.45, 2.75) is 39.5 Å². The lowest BCUT2D eigenvalue weighted by Crippen LogP contribution is -2.54. The zero-order chi connectivity index (χ0) is 22.7. The van der Waals surface area contributed by atoms with Crippen LogP contribution in [0.25, 0.3) is 11.1 Å². The molecule has 2 aliphatic rings. The van der Waals surface area contributed by atoms with Gasteiger partial charge in [-0.15, -0.1) is 0 Å². The minimum Gasteiger partial charge on any atom is -0.497 e. The van der Waals surface area contributed by atoms with E-state index in [9.17, 15) is 9.59 Å². The van der Waals surface area contributed by atoms with Crippen LogP contribution in [-0.4, -0.2) is 43.5 Å². The van der Waals surface area contributed by atoms with Crippen LogP contribution in [-0.2, 0) is 16.0 Å². The number of amides is 2. The van der Waals surface area contributed by atoms with Crippen LogP contribution in [0.3, 0.4) is 0 Å². The highest BCUT2D eigenvalue weighted by Crippen LogP contribution is 2.42. The van der Waals surface area contributed by atoms with Crippen LogP contribution in [0, 0.1) is 17.3 Å². The lowest BCUT2D eigenvalue weighted by atomic mass is 9.74. The molecule has 3 atom stereocenters. The summed E-state index contributed by atoms with van der Waals surface area (Å²) in [6, 6.07) is 16.5. The molecule has 1 heterocycles. The Morgan fingerprint density at radius 3 is 2.28 bits per heavy atom. The second-order valence-corrected chi connectivity index (χ2v) is 9.42. The first-order valence-corrected chi connectivity index (χ1v) is 11.8. The molecule has 1 N–H and O–H groups in total. The molecule has 2 amide bonds. The van der Waals surface area contributed by atoms with E-state index in [4.69, 9.17) is 4.74 Å². The molecule has 5 nitrogen and oxygen atoms in total. The molecule has 2 fully saturated rings. The third-order valence-electron chi connectivity index (χ3n) is 7.05. The van der Waals surface area contributed by atoms with Crippen LogP contribution in [0.2, 0.25) is 0 Å². The molecular formula is C27H34N2O3. The van der Waals surface area contributed by atoms with E-state index in [2.05, 4.69) is 36.5 Å². The number of ether oxygens (including phenoxy) is 1. The fourth-order valence-corrected chi connectivity index (χ4v) is 4.97. The number of nitrogens with one attached hydrogen (secondary N) is 1. The third-order valence-corrected chi connectivity index (χ3v) is 7.05. The van der Waals surface area contributed by atoms with Crippen molar-refractivity contribution in [1.29, 1.82) is 0 Å². The Labute approximate surface area is 191 Å². The van der Waals surface area contributed by atoms with E-state index in [1.165, 1.54) is 0 Å². The Morgan fingerprint density at radius 1 is 1.09 bits per heavy atom. The standard InChI is InChI=1S/C27H34N2O3/c1-4-28-26(31)27(14-5-15-29(18-27)25(30)24-16-19(24)2)17-20-6-8-21(9-7-20)22-10-12-23(32-3)13-11-22/h6-13,19,24H,4-5,14-18H2,1-3H3,(H,28,31). The lowest BCUT2D eigenvalue weighted by Gasteiger charge is -2.42. The van der Waals surface area contributed by atoms with Gasteiger partial charge in [0.05, 0.1) is 12.5 Å². The molecule has 0 spiro atoms. The molecule has 5 heteroatoms. The van der Waals surface area contributed by atoms with Crippen LogP contribution < -0.4 is 10.1 Å². The van der Waals surface area contributed by atoms with E-state index >= 15 is 0 Å². The fourth-order valence-electron chi connectivity index (χ4n) is 4.97. The van der Waals surface area contributed by atoms with Crippen molar-refractivity contribution in [1.82, 2.24) is 10.2 Å². The number of hydrogen-bond acceptors (Lipinski definition) is 3. The van der Waals surface area contributed by atoms with E-state index in [-0.39, 0.29) is 17.7 Å². The van der Waals surface area contributed by atoms with Crippen molar-refractivity contribution in [2.75, 3.05) is 26.7 Å². The van der Waals surface area contributed by atoms with Crippen molar-refractivity contribution in [3.63, 3.8) is 0 Å². The minimum atomic E-state index is -0.566. The largest absolute Gasteiger partial charge is 0.497 e. The van der Waals surface area contributed by atoms with Gasteiger partial charge in [0.2, 0.25) is 11.8 Å². The summed E-state index contributed by atoms with van der Waals surface area (Å²) in [5.41, 5.74) is 2.82. The monoisotopic (exact) mass is 434 g/mol. The van der Waals surface area contributed by atoms with E-state index < -0.39 is 5.41 Å². The lowest BCUT2D eigenvalue weighted by molar-refractivity contribution is -0.142. The molecule has 0 radical (unpaired) electrons. The van der Waals surface area contributed by atoms with E-state index in [0.717, 1.165) is 48.2 Å². The van der Waals surface area contributed by atoms with Gasteiger partial charge in [-0.1, -0.05) is 43.3 Å². The summed E-state index contributed by atoms with van der Waals surface area (Å²) >= 11 is 0. The molecule has 1 aliphatic heterocycles. The van der Waals surface area contributed by atoms with Gasteiger partial charge in [-0.25, -0.2) is 0 Å². The summed E-state index contributed by atoms with van der Waals surface area (Å²) in [6.45, 7) is 5.96. The third kappa shape index (κ3) is 4.67. The summed E-state index contributed by atoms with van der Waals surface area (Å²) in [6.07, 6.45) is 3.30. The molecule has 0 bridgehead atoms. The SMILES string of the molecule is CCNC(=O)C1(Cc2ccc(-c3ccc(OC)cc3)cc2)CCCN(C(=O)C2CC2C)C1. The molecule has 4 rings (SSSR count). The van der Waals surface area contributed by atoms with Gasteiger partial charge in [0.25, 0.3) is 0 Å². The van der Waals surface area contributed by atoms with Gasteiger partial charge in [0.1, 0.15) is 5.75 Å². The Kier molecular flexibility index (Phi) is 6.54. The molecule has 32 heavy (non-hydrogen) atoms. The number of hydrogen-bond donors (Lipinski definition) is 1. The second kappa shape index (κ2) is 9.35. The Hall–Kier alpha value is -2.82. The molecule has 0 aromatic heterocycles. The van der Waals surface area contributed by atoms with Gasteiger partial charge in [-0.3, -0.25) is 9.59 Å². The number of benzene rings is 2. The maximum absolute atomic E-state index is 13.2. The number of carbonyl (C=O) groups excluding carboxylic acids is 2. The van der Waals surface area contributed by atoms with Crippen molar-refractivity contribution in [3.05, 3.63) is 54.1 Å². The van der Waals surface area contributed by atoms with Crippen LogP contribution in [0.4, 0.5) is 0 Å². The van der Waals surface area contributed by atoms with Crippen molar-refractivity contribution in [2.24, 2.45) is 17.3 Å². The van der Waals surface area contributed by atoms with Crippen LogP contribution in [0.1, 0.15) is 38.7 Å². The van der Waals surface area contributed by atoms with E-state index in [0.29, 0.717) is 25.4 Å². The normalized spacial score (nSPS) is 24.7. The van der Waals surface area contributed by atoms with Gasteiger partial charge in [-0.2, -0.15) is 0 Å². The summed E-state index contributed by atoms with van der Waals surface area (Å²) in [7, 11) is 1.67. The molecule has 2 aromatic rings. The Morgan fingerprint density at radius 2 is 1.72 bits per heavy atom. The highest BCUT2D eigenvalue weighted by molar-refractivity contribution is 5.86. The van der Waals surface area contributed by atoms with Crippen LogP contribution >= 0.6 is 0 Å². The zero-order valence-corrected chi connectivity index (χ0v) is 19.4. The molecule has 2 aromatic carbocycles. The first kappa shape index (κ1) is 22.4. The van der Waals surface area contributed by atoms with Crippen LogP contribution in [0.5, 0.6) is 5.75 Å². The minimum absolute atomic E-state index is 0.0700. The Bertz CT molecular complexity index is 954. The topological polar surface area (TPSA) is 58.6 Å². The highest BCUT2D eigenvalue weighted by atomic mass is 16.5. The average Bonchev–Trinajstić information content (AvgIpc) is 3.56. The van der Waals surface area contributed by atoms with E-state index in [1.807, 2.05) is 36.1 Å². The van der Waals surface area contributed by atoms with Gasteiger partial charge in [0, 0.05) is 25.6 Å². The molecule has 170 valence electrons. The second-order valence-electron chi connectivity index (χ2n) is 9.42. The number of carbonyl (C=O) groups is 2. The number of piperidine rings is 1. The van der Waals surface area contributed by atoms with Gasteiger partial charge >= 0.3 is 0 Å². The predicted octanol–water partition coefficient (Wildman–Crippen LogP) is 4.31. The number of likely N-dealkylation sites (tertiary alicyclic amines) is 1. The number of nitrogens with zero attached hydrogens (tertiary/aromatic N) is 1. The average molecular weight is 435 g/mol. The summed E-state index contributed by atoms with van der Waals surface area (Å²) in [5.74, 6) is 1.78. The zero-order valence-electron chi connectivity index (χ0n) is 19.4. The van der Waals surface area contributed by atoms with Gasteiger partial charge in [0.15, 0.2) is 0 Å². The van der Waals surface area contributed by atoms with Gasteiger partial charge < -0.3 is 15.0 Å². The first-order chi connectivity index (χ1) is 15.5. The van der Waals surface area contributed by atoms with E-state index in [1.54, 1.807) is 7.11 Å². The summed E-state index contributed by atoms with van der Waals surface area (Å²) < 4.78 is 5.25. The van der Waals surface area contributed by atoms with Crippen LogP contribution in [0.15, 0.2) is 48.5 Å². The summed E-state index contributed by atoms with van der Waals surface area (Å²) in [5, 5.41) is 3.05. The summed E-state index contributed by atoms with van der Waals surface area (Å²) in [4.78, 5) is 28.1. The first-order valence-electron chi connectivity index (χ1n) is 11.8. The number of methoxy groups -OCH3 is 1. The smallest absolute Gasteiger partial charge is 0.228 e. The van der Waals surface area contributed by atoms with Crippen molar-refractivity contribution < 1.29 is 14.3 Å². The molecule has 1 aliphatic carbocycles. The van der Waals surface area contributed by atoms with Crippen molar-refractivity contribution >= 4 is 11.8 Å². The maximum Gasteiger partial charge on any atom is 0.228 e. The molecule has 3 unspecified atom stereocenters. The highest BCUT2D eigenvalue weighted by Gasteiger charge is 2.47. The number of rotatable bonds is 7. The quantitative estimate of drug-likeness (QED) is 0.707. The predicted molar refractivity (Wildman–Crippen MR) is 126 cm³/mol. The van der Waals surface area contributed by atoms with Crippen molar-refractivity contribution in [3.8, 4) is 16.9 Å². The maximum atomic E-state index is 13.2. The van der Waals surface area contributed by atoms with Gasteiger partial charge in [-0.05, 0) is 67.3 Å². The fraction of sp³-hybridized carbons (Fsp3) is 0.481. The Balaban J connectivity index is 1.53. The molecular weight excluding hydrogens is 400 g/mol. The molecule has 1 saturated heterocycles. The molecule has 1 saturated carbocycles.